The number of nitrogens with zero attached hydrogens (tertiary/aromatic N) is 3. The van der Waals surface area contributed by atoms with E-state index in [4.69, 9.17) is 14.2 Å². The summed E-state index contributed by atoms with van der Waals surface area (Å²) in [5.41, 5.74) is 3.17. The molecular formula is C26H29N3O5. The molecule has 1 saturated heterocycles. The number of carbonyl (C=O) groups excluding carboxylic acids is 2. The highest BCUT2D eigenvalue weighted by Gasteiger charge is 2.27. The van der Waals surface area contributed by atoms with E-state index in [0.717, 1.165) is 28.4 Å². The van der Waals surface area contributed by atoms with E-state index in [2.05, 4.69) is 4.90 Å². The van der Waals surface area contributed by atoms with Gasteiger partial charge in [0.05, 0.1) is 32.6 Å². The van der Waals surface area contributed by atoms with Gasteiger partial charge in [0.25, 0.3) is 5.91 Å². The second-order valence-corrected chi connectivity index (χ2v) is 8.00. The maximum Gasteiger partial charge on any atom is 0.325 e. The van der Waals surface area contributed by atoms with E-state index in [1.807, 2.05) is 53.4 Å². The maximum atomic E-state index is 13.5. The summed E-state index contributed by atoms with van der Waals surface area (Å²) in [6, 6.07) is 17.2. The van der Waals surface area contributed by atoms with Crippen molar-refractivity contribution < 1.29 is 23.8 Å². The average Bonchev–Trinajstić information content (AvgIpc) is 3.31. The number of hydrogen-bond acceptors (Lipinski definition) is 6. The molecule has 0 radical (unpaired) electrons. The number of esters is 1. The Bertz CT molecular complexity index is 1130. The molecule has 3 aromatic rings. The van der Waals surface area contributed by atoms with Gasteiger partial charge in [0.15, 0.2) is 0 Å². The summed E-state index contributed by atoms with van der Waals surface area (Å²) in [6.07, 6.45) is 1.77. The second kappa shape index (κ2) is 10.3. The lowest BCUT2D eigenvalue weighted by atomic mass is 10.1. The molecule has 0 aliphatic carbocycles. The highest BCUT2D eigenvalue weighted by molar-refractivity contribution is 6.00. The standard InChI is InChI=1S/C26H29N3O5/c1-32-21-15-20(16-22(17-21)33-2)27-11-13-28(14-12-27)26(31)23-9-10-29(18-24(30)34-3)25(23)19-7-5-4-6-8-19/h4-10,15-17H,11-14,18H2,1-3H3. The molecule has 178 valence electrons. The monoisotopic (exact) mass is 463 g/mol. The quantitative estimate of drug-likeness (QED) is 0.501. The first kappa shape index (κ1) is 23.2. The van der Waals surface area contributed by atoms with E-state index >= 15 is 0 Å². The Hall–Kier alpha value is -3.94. The van der Waals surface area contributed by atoms with Gasteiger partial charge in [-0.05, 0) is 11.6 Å². The Labute approximate surface area is 199 Å². The molecule has 2 aromatic carbocycles. The van der Waals surface area contributed by atoms with Gasteiger partial charge in [-0.1, -0.05) is 30.3 Å². The number of rotatable bonds is 7. The molecule has 1 aromatic heterocycles. The first-order chi connectivity index (χ1) is 16.5. The van der Waals surface area contributed by atoms with Crippen LogP contribution in [0.25, 0.3) is 11.3 Å². The molecule has 0 atom stereocenters. The predicted molar refractivity (Wildman–Crippen MR) is 130 cm³/mol. The van der Waals surface area contributed by atoms with Gasteiger partial charge >= 0.3 is 5.97 Å². The van der Waals surface area contributed by atoms with Crippen LogP contribution in [0.1, 0.15) is 10.4 Å². The van der Waals surface area contributed by atoms with E-state index in [1.54, 1.807) is 31.0 Å². The van der Waals surface area contributed by atoms with Crippen molar-refractivity contribution in [2.75, 3.05) is 52.4 Å². The number of piperazine rings is 1. The molecule has 0 saturated carbocycles. The molecule has 0 bridgehead atoms. The maximum absolute atomic E-state index is 13.5. The minimum absolute atomic E-state index is 0.0411. The predicted octanol–water partition coefficient (Wildman–Crippen LogP) is 3.31. The van der Waals surface area contributed by atoms with Gasteiger partial charge in [0, 0.05) is 56.3 Å². The van der Waals surface area contributed by atoms with Crippen molar-refractivity contribution in [3.8, 4) is 22.8 Å². The lowest BCUT2D eigenvalue weighted by molar-refractivity contribution is -0.141. The number of hydrogen-bond donors (Lipinski definition) is 0. The van der Waals surface area contributed by atoms with E-state index < -0.39 is 0 Å². The van der Waals surface area contributed by atoms with Crippen LogP contribution < -0.4 is 14.4 Å². The molecule has 1 aliphatic heterocycles. The van der Waals surface area contributed by atoms with Gasteiger partial charge in [0.1, 0.15) is 18.0 Å². The van der Waals surface area contributed by atoms with Crippen molar-refractivity contribution in [3.63, 3.8) is 0 Å². The Morgan fingerprint density at radius 3 is 2.09 bits per heavy atom. The fraction of sp³-hybridized carbons (Fsp3) is 0.308. The third-order valence-electron chi connectivity index (χ3n) is 6.04. The van der Waals surface area contributed by atoms with Gasteiger partial charge in [0.2, 0.25) is 0 Å². The SMILES string of the molecule is COC(=O)Cn1ccc(C(=O)N2CCN(c3cc(OC)cc(OC)c3)CC2)c1-c1ccccc1. The Kier molecular flexibility index (Phi) is 7.06. The fourth-order valence-corrected chi connectivity index (χ4v) is 4.21. The normalized spacial score (nSPS) is 13.5. The van der Waals surface area contributed by atoms with E-state index in [1.165, 1.54) is 7.11 Å². The molecule has 0 N–H and O–H groups in total. The van der Waals surface area contributed by atoms with Crippen LogP contribution in [-0.4, -0.2) is 68.9 Å². The van der Waals surface area contributed by atoms with Crippen molar-refractivity contribution in [1.82, 2.24) is 9.47 Å². The Morgan fingerprint density at radius 2 is 1.50 bits per heavy atom. The zero-order valence-corrected chi connectivity index (χ0v) is 19.7. The second-order valence-electron chi connectivity index (χ2n) is 8.00. The molecule has 2 heterocycles. The summed E-state index contributed by atoms with van der Waals surface area (Å²) in [7, 11) is 4.62. The third-order valence-corrected chi connectivity index (χ3v) is 6.04. The molecule has 1 aliphatic rings. The molecule has 34 heavy (non-hydrogen) atoms. The van der Waals surface area contributed by atoms with Gasteiger partial charge in [-0.25, -0.2) is 0 Å². The molecule has 1 fully saturated rings. The molecule has 8 nitrogen and oxygen atoms in total. The number of amides is 1. The molecule has 4 rings (SSSR count). The van der Waals surface area contributed by atoms with Crippen LogP contribution in [-0.2, 0) is 16.1 Å². The van der Waals surface area contributed by atoms with Crippen molar-refractivity contribution >= 4 is 17.6 Å². The van der Waals surface area contributed by atoms with Crippen molar-refractivity contribution in [2.24, 2.45) is 0 Å². The van der Waals surface area contributed by atoms with Crippen LogP contribution in [0.5, 0.6) is 11.5 Å². The Balaban J connectivity index is 1.54. The first-order valence-corrected chi connectivity index (χ1v) is 11.1. The first-order valence-electron chi connectivity index (χ1n) is 11.1. The lowest BCUT2D eigenvalue weighted by Gasteiger charge is -2.36. The zero-order chi connectivity index (χ0) is 24.1. The largest absolute Gasteiger partial charge is 0.497 e. The summed E-state index contributed by atoms with van der Waals surface area (Å²) in [5, 5.41) is 0. The summed E-state index contributed by atoms with van der Waals surface area (Å²) in [4.78, 5) is 29.6. The topological polar surface area (TPSA) is 73.2 Å². The number of anilines is 1. The van der Waals surface area contributed by atoms with Crippen LogP contribution in [0.15, 0.2) is 60.8 Å². The number of benzene rings is 2. The summed E-state index contributed by atoms with van der Waals surface area (Å²) in [6.45, 7) is 2.57. The smallest absolute Gasteiger partial charge is 0.325 e. The van der Waals surface area contributed by atoms with Crippen LogP contribution in [0.3, 0.4) is 0 Å². The molecule has 0 spiro atoms. The van der Waals surface area contributed by atoms with Crippen LogP contribution in [0.4, 0.5) is 5.69 Å². The summed E-state index contributed by atoms with van der Waals surface area (Å²) >= 11 is 0. The minimum Gasteiger partial charge on any atom is -0.497 e. The van der Waals surface area contributed by atoms with Crippen LogP contribution in [0.2, 0.25) is 0 Å². The van der Waals surface area contributed by atoms with Crippen LogP contribution >= 0.6 is 0 Å². The number of aromatic nitrogens is 1. The van der Waals surface area contributed by atoms with E-state index in [0.29, 0.717) is 31.7 Å². The van der Waals surface area contributed by atoms with Gasteiger partial charge < -0.3 is 28.6 Å². The van der Waals surface area contributed by atoms with Gasteiger partial charge in [-0.3, -0.25) is 9.59 Å². The van der Waals surface area contributed by atoms with E-state index in [-0.39, 0.29) is 18.4 Å². The van der Waals surface area contributed by atoms with E-state index in [9.17, 15) is 9.59 Å². The molecule has 8 heteroatoms. The van der Waals surface area contributed by atoms with Crippen molar-refractivity contribution in [3.05, 3.63) is 66.4 Å². The molecule has 0 unspecified atom stereocenters. The third kappa shape index (κ3) is 4.85. The highest BCUT2D eigenvalue weighted by Crippen LogP contribution is 2.30. The van der Waals surface area contributed by atoms with Gasteiger partial charge in [-0.15, -0.1) is 0 Å². The Morgan fingerprint density at radius 1 is 0.853 bits per heavy atom. The summed E-state index contributed by atoms with van der Waals surface area (Å²) < 4.78 is 17.4. The summed E-state index contributed by atoms with van der Waals surface area (Å²) in [5.74, 6) is 1.04. The molecular weight excluding hydrogens is 434 g/mol. The molecule has 1 amide bonds. The van der Waals surface area contributed by atoms with Crippen molar-refractivity contribution in [1.29, 1.82) is 0 Å². The highest BCUT2D eigenvalue weighted by atomic mass is 16.5. The minimum atomic E-state index is -0.367. The average molecular weight is 464 g/mol. The lowest BCUT2D eigenvalue weighted by Crippen LogP contribution is -2.48. The number of carbonyl (C=O) groups is 2. The van der Waals surface area contributed by atoms with Gasteiger partial charge in [-0.2, -0.15) is 0 Å². The number of methoxy groups -OCH3 is 3. The van der Waals surface area contributed by atoms with Crippen molar-refractivity contribution in [2.45, 2.75) is 6.54 Å². The number of ether oxygens (including phenoxy) is 3. The van der Waals surface area contributed by atoms with Crippen LogP contribution in [0, 0.1) is 0 Å². The zero-order valence-electron chi connectivity index (χ0n) is 19.7. The fourth-order valence-electron chi connectivity index (χ4n) is 4.21.